The highest BCUT2D eigenvalue weighted by atomic mass is 32.2. The third-order valence-corrected chi connectivity index (χ3v) is 4.06. The van der Waals surface area contributed by atoms with E-state index in [1.807, 2.05) is 13.8 Å². The molecule has 0 radical (unpaired) electrons. The molecule has 98 valence electrons. The molecule has 1 aromatic rings. The highest BCUT2D eigenvalue weighted by Gasteiger charge is 2.23. The maximum atomic E-state index is 12.0. The summed E-state index contributed by atoms with van der Waals surface area (Å²) in [5.74, 6) is 0.431. The van der Waals surface area contributed by atoms with Crippen molar-refractivity contribution < 1.29 is 13.5 Å². The molecule has 0 aliphatic carbocycles. The number of H-pyrrole nitrogens is 1. The van der Waals surface area contributed by atoms with Crippen LogP contribution in [0.4, 0.5) is 0 Å². The molecule has 0 spiro atoms. The molecule has 0 unspecified atom stereocenters. The number of aryl methyl sites for hydroxylation is 1. The van der Waals surface area contributed by atoms with Gasteiger partial charge >= 0.3 is 0 Å². The fourth-order valence-corrected chi connectivity index (χ4v) is 2.89. The molecule has 0 aliphatic heterocycles. The number of hydrogen-bond donors (Lipinski definition) is 3. The van der Waals surface area contributed by atoms with Gasteiger partial charge in [-0.25, -0.2) is 13.1 Å². The highest BCUT2D eigenvalue weighted by Crippen LogP contribution is 2.17. The lowest BCUT2D eigenvalue weighted by atomic mass is 10.1. The maximum absolute atomic E-state index is 12.0. The van der Waals surface area contributed by atoms with Crippen molar-refractivity contribution in [3.63, 3.8) is 0 Å². The van der Waals surface area contributed by atoms with Gasteiger partial charge in [-0.2, -0.15) is 5.10 Å². The van der Waals surface area contributed by atoms with Gasteiger partial charge in [0.1, 0.15) is 10.6 Å². The van der Waals surface area contributed by atoms with Crippen LogP contribution in [0, 0.1) is 12.8 Å². The maximum Gasteiger partial charge on any atom is 0.244 e. The molecule has 6 nitrogen and oxygen atoms in total. The van der Waals surface area contributed by atoms with E-state index in [4.69, 9.17) is 5.11 Å². The lowest BCUT2D eigenvalue weighted by Gasteiger charge is -2.08. The second-order valence-corrected chi connectivity index (χ2v) is 6.07. The molecule has 1 heterocycles. The second-order valence-electron chi connectivity index (χ2n) is 4.36. The monoisotopic (exact) mass is 261 g/mol. The van der Waals surface area contributed by atoms with Crippen LogP contribution in [0.1, 0.15) is 31.7 Å². The average molecular weight is 261 g/mol. The Balaban J connectivity index is 2.86. The molecule has 0 amide bonds. The Kier molecular flexibility index (Phi) is 4.67. The zero-order valence-corrected chi connectivity index (χ0v) is 11.1. The molecule has 0 aliphatic rings. The minimum atomic E-state index is -3.59. The topological polar surface area (TPSA) is 95.1 Å². The molecule has 3 N–H and O–H groups in total. The van der Waals surface area contributed by atoms with E-state index in [9.17, 15) is 8.42 Å². The summed E-state index contributed by atoms with van der Waals surface area (Å²) in [5.41, 5.74) is 0.589. The van der Waals surface area contributed by atoms with Crippen LogP contribution >= 0.6 is 0 Å². The third kappa shape index (κ3) is 3.52. The van der Waals surface area contributed by atoms with Gasteiger partial charge in [0.2, 0.25) is 10.0 Å². The number of nitrogens with zero attached hydrogens (tertiary/aromatic N) is 1. The van der Waals surface area contributed by atoms with Gasteiger partial charge in [-0.3, -0.25) is 5.10 Å². The first-order chi connectivity index (χ1) is 7.88. The van der Waals surface area contributed by atoms with Crippen LogP contribution < -0.4 is 4.72 Å². The van der Waals surface area contributed by atoms with Crippen LogP contribution in [0.3, 0.4) is 0 Å². The molecular weight excluding hydrogens is 242 g/mol. The average Bonchev–Trinajstić information content (AvgIpc) is 2.59. The summed E-state index contributed by atoms with van der Waals surface area (Å²) < 4.78 is 26.5. The van der Waals surface area contributed by atoms with Crippen molar-refractivity contribution in [3.8, 4) is 0 Å². The Morgan fingerprint density at radius 3 is 2.65 bits per heavy atom. The Morgan fingerprint density at radius 1 is 1.47 bits per heavy atom. The number of hydrogen-bond acceptors (Lipinski definition) is 4. The van der Waals surface area contributed by atoms with Gasteiger partial charge in [0, 0.05) is 6.54 Å². The molecule has 0 atom stereocenters. The molecule has 1 rings (SSSR count). The lowest BCUT2D eigenvalue weighted by molar-refractivity contribution is 0.273. The summed E-state index contributed by atoms with van der Waals surface area (Å²) in [5, 5.41) is 15.3. The first kappa shape index (κ1) is 14.1. The minimum Gasteiger partial charge on any atom is -0.390 e. The fraction of sp³-hybridized carbons (Fsp3) is 0.700. The SMILES string of the molecule is Cc1[nH]nc(CO)c1S(=O)(=O)NCCC(C)C. The number of sulfonamides is 1. The number of nitrogens with one attached hydrogen (secondary N) is 2. The van der Waals surface area contributed by atoms with E-state index in [-0.39, 0.29) is 10.6 Å². The van der Waals surface area contributed by atoms with Gasteiger partial charge in [0.05, 0.1) is 12.3 Å². The van der Waals surface area contributed by atoms with Crippen LogP contribution in [-0.2, 0) is 16.6 Å². The molecule has 7 heteroatoms. The molecule has 0 aromatic carbocycles. The van der Waals surface area contributed by atoms with E-state index < -0.39 is 16.6 Å². The van der Waals surface area contributed by atoms with Crippen LogP contribution in [0.2, 0.25) is 0 Å². The quantitative estimate of drug-likeness (QED) is 0.696. The van der Waals surface area contributed by atoms with E-state index in [0.29, 0.717) is 18.2 Å². The largest absolute Gasteiger partial charge is 0.390 e. The third-order valence-electron chi connectivity index (χ3n) is 2.39. The van der Waals surface area contributed by atoms with Crippen molar-refractivity contribution in [2.75, 3.05) is 6.54 Å². The van der Waals surface area contributed by atoms with Crippen molar-refractivity contribution >= 4 is 10.0 Å². The van der Waals surface area contributed by atoms with Crippen molar-refractivity contribution in [1.29, 1.82) is 0 Å². The summed E-state index contributed by atoms with van der Waals surface area (Å²) in [6, 6.07) is 0. The summed E-state index contributed by atoms with van der Waals surface area (Å²) in [7, 11) is -3.59. The van der Waals surface area contributed by atoms with Crippen LogP contribution in [-0.4, -0.2) is 30.3 Å². The van der Waals surface area contributed by atoms with Gasteiger partial charge < -0.3 is 5.11 Å². The lowest BCUT2D eigenvalue weighted by Crippen LogP contribution is -2.26. The first-order valence-electron chi connectivity index (χ1n) is 5.53. The van der Waals surface area contributed by atoms with Gasteiger partial charge in [-0.15, -0.1) is 0 Å². The second kappa shape index (κ2) is 5.61. The van der Waals surface area contributed by atoms with Crippen molar-refractivity contribution in [3.05, 3.63) is 11.4 Å². The Bertz CT molecular complexity index is 465. The summed E-state index contributed by atoms with van der Waals surface area (Å²) in [6.45, 7) is 5.65. The number of aromatic amines is 1. The van der Waals surface area contributed by atoms with Gasteiger partial charge in [-0.05, 0) is 19.3 Å². The van der Waals surface area contributed by atoms with Crippen molar-refractivity contribution in [2.24, 2.45) is 5.92 Å². The fourth-order valence-electron chi connectivity index (χ4n) is 1.49. The predicted molar refractivity (Wildman–Crippen MR) is 63.9 cm³/mol. The van der Waals surface area contributed by atoms with Crippen molar-refractivity contribution in [1.82, 2.24) is 14.9 Å². The highest BCUT2D eigenvalue weighted by molar-refractivity contribution is 7.89. The first-order valence-corrected chi connectivity index (χ1v) is 7.01. The summed E-state index contributed by atoms with van der Waals surface area (Å²) in [4.78, 5) is 0.0590. The number of aliphatic hydroxyl groups is 1. The zero-order chi connectivity index (χ0) is 13.1. The van der Waals surface area contributed by atoms with Crippen LogP contribution in [0.25, 0.3) is 0 Å². The van der Waals surface area contributed by atoms with Gasteiger partial charge in [0.25, 0.3) is 0 Å². The minimum absolute atomic E-state index is 0.0590. The Labute approximate surface area is 101 Å². The number of rotatable bonds is 6. The van der Waals surface area contributed by atoms with E-state index in [1.54, 1.807) is 6.92 Å². The van der Waals surface area contributed by atoms with Gasteiger partial charge in [0.15, 0.2) is 0 Å². The zero-order valence-electron chi connectivity index (χ0n) is 10.3. The smallest absolute Gasteiger partial charge is 0.244 e. The van der Waals surface area contributed by atoms with E-state index in [1.165, 1.54) is 0 Å². The Hall–Kier alpha value is -0.920. The van der Waals surface area contributed by atoms with E-state index >= 15 is 0 Å². The van der Waals surface area contributed by atoms with Crippen LogP contribution in [0.5, 0.6) is 0 Å². The van der Waals surface area contributed by atoms with Gasteiger partial charge in [-0.1, -0.05) is 13.8 Å². The molecule has 17 heavy (non-hydrogen) atoms. The van der Waals surface area contributed by atoms with E-state index in [2.05, 4.69) is 14.9 Å². The standard InChI is InChI=1S/C10H19N3O3S/c1-7(2)4-5-11-17(15,16)10-8(3)12-13-9(10)6-14/h7,11,14H,4-6H2,1-3H3,(H,12,13). The molecule has 1 aromatic heterocycles. The number of aliphatic hydroxyl groups excluding tert-OH is 1. The predicted octanol–water partition coefficient (Wildman–Crippen LogP) is 0.535. The van der Waals surface area contributed by atoms with E-state index in [0.717, 1.165) is 6.42 Å². The normalized spacial score (nSPS) is 12.3. The molecule has 0 bridgehead atoms. The number of aromatic nitrogens is 2. The molecular formula is C10H19N3O3S. The van der Waals surface area contributed by atoms with Crippen LogP contribution in [0.15, 0.2) is 4.90 Å². The molecule has 0 saturated heterocycles. The summed E-state index contributed by atoms with van der Waals surface area (Å²) in [6.07, 6.45) is 0.768. The summed E-state index contributed by atoms with van der Waals surface area (Å²) >= 11 is 0. The van der Waals surface area contributed by atoms with Crippen molar-refractivity contribution in [2.45, 2.75) is 38.7 Å². The Morgan fingerprint density at radius 2 is 2.12 bits per heavy atom. The molecule has 0 fully saturated rings. The molecule has 0 saturated carbocycles.